The summed E-state index contributed by atoms with van der Waals surface area (Å²) in [5.74, 6) is 0.718. The monoisotopic (exact) mass is 334 g/mol. The summed E-state index contributed by atoms with van der Waals surface area (Å²) in [6.45, 7) is 6.49. The second-order valence-electron chi connectivity index (χ2n) is 6.98. The van der Waals surface area contributed by atoms with E-state index in [1.54, 1.807) is 0 Å². The van der Waals surface area contributed by atoms with Gasteiger partial charge in [0.2, 0.25) is 0 Å². The van der Waals surface area contributed by atoms with Crippen LogP contribution >= 0.6 is 0 Å². The number of hydrogen-bond acceptors (Lipinski definition) is 1. The fraction of sp³-hybridized carbons (Fsp3) is 0.375. The first-order valence-electron chi connectivity index (χ1n) is 9.44. The van der Waals surface area contributed by atoms with Crippen LogP contribution in [0.2, 0.25) is 0 Å². The molecule has 25 heavy (non-hydrogen) atoms. The van der Waals surface area contributed by atoms with E-state index in [1.165, 1.54) is 12.8 Å². The first-order chi connectivity index (χ1) is 12.1. The Bertz CT molecular complexity index is 630. The van der Waals surface area contributed by atoms with E-state index in [0.717, 1.165) is 35.5 Å². The van der Waals surface area contributed by atoms with Crippen molar-refractivity contribution < 1.29 is 4.79 Å². The van der Waals surface area contributed by atoms with Crippen molar-refractivity contribution in [3.05, 3.63) is 83.4 Å². The van der Waals surface area contributed by atoms with Gasteiger partial charge in [-0.3, -0.25) is 4.79 Å². The van der Waals surface area contributed by atoms with Crippen molar-refractivity contribution in [2.45, 2.75) is 52.4 Å². The van der Waals surface area contributed by atoms with Crippen LogP contribution in [-0.2, 0) is 4.79 Å². The van der Waals surface area contributed by atoms with E-state index in [9.17, 15) is 4.79 Å². The van der Waals surface area contributed by atoms with E-state index in [-0.39, 0.29) is 11.7 Å². The lowest BCUT2D eigenvalue weighted by Gasteiger charge is -2.17. The van der Waals surface area contributed by atoms with Crippen molar-refractivity contribution in [3.63, 3.8) is 0 Å². The average Bonchev–Trinajstić information content (AvgIpc) is 2.64. The van der Waals surface area contributed by atoms with E-state index in [4.69, 9.17) is 0 Å². The van der Waals surface area contributed by atoms with Crippen molar-refractivity contribution >= 4 is 5.78 Å². The Morgan fingerprint density at radius 2 is 1.44 bits per heavy atom. The molecular formula is C24H30O. The number of allylic oxidation sites excluding steroid dienone is 2. The summed E-state index contributed by atoms with van der Waals surface area (Å²) in [6, 6.07) is 20.2. The third-order valence-corrected chi connectivity index (χ3v) is 4.81. The third kappa shape index (κ3) is 5.70. The highest BCUT2D eigenvalue weighted by molar-refractivity contribution is 6.02. The lowest BCUT2D eigenvalue weighted by atomic mass is 9.84. The van der Waals surface area contributed by atoms with Gasteiger partial charge >= 0.3 is 0 Å². The summed E-state index contributed by atoms with van der Waals surface area (Å²) in [5.41, 5.74) is 3.00. The summed E-state index contributed by atoms with van der Waals surface area (Å²) in [7, 11) is 0. The fourth-order valence-electron chi connectivity index (χ4n) is 3.34. The Labute approximate surface area is 152 Å². The Balaban J connectivity index is 2.18. The maximum absolute atomic E-state index is 13.2. The first kappa shape index (κ1) is 19.2. The van der Waals surface area contributed by atoms with Gasteiger partial charge < -0.3 is 0 Å². The molecule has 0 aliphatic rings. The highest BCUT2D eigenvalue weighted by atomic mass is 16.1. The van der Waals surface area contributed by atoms with Crippen LogP contribution in [0.25, 0.3) is 0 Å². The molecule has 1 atom stereocenters. The Morgan fingerprint density at radius 1 is 0.920 bits per heavy atom. The van der Waals surface area contributed by atoms with Crippen LogP contribution in [-0.4, -0.2) is 5.78 Å². The zero-order valence-electron chi connectivity index (χ0n) is 15.7. The second-order valence-corrected chi connectivity index (χ2v) is 6.98. The Hall–Kier alpha value is -2.15. The summed E-state index contributed by atoms with van der Waals surface area (Å²) in [5, 5.41) is 0. The van der Waals surface area contributed by atoms with E-state index in [2.05, 4.69) is 19.9 Å². The lowest BCUT2D eigenvalue weighted by Crippen LogP contribution is -2.15. The molecule has 1 unspecified atom stereocenters. The molecule has 2 rings (SSSR count). The largest absolute Gasteiger partial charge is 0.293 e. The van der Waals surface area contributed by atoms with Gasteiger partial charge in [-0.2, -0.15) is 0 Å². The molecule has 0 aromatic heterocycles. The third-order valence-electron chi connectivity index (χ3n) is 4.81. The summed E-state index contributed by atoms with van der Waals surface area (Å²) in [6.07, 6.45) is 6.76. The molecule has 0 amide bonds. The smallest absolute Gasteiger partial charge is 0.170 e. The standard InChI is InChI=1S/C24H30O/c1-4-12-19(2)13-11-14-20(3)24(25)23(21-15-7-5-8-16-21)22-17-9-6-10-18-22/h5-10,14-19,23H,4,11-13H2,1-3H3/b20-14-. The van der Waals surface area contributed by atoms with Crippen molar-refractivity contribution in [2.75, 3.05) is 0 Å². The van der Waals surface area contributed by atoms with Gasteiger partial charge in [-0.1, -0.05) is 93.4 Å². The summed E-state index contributed by atoms with van der Waals surface area (Å²) >= 11 is 0. The van der Waals surface area contributed by atoms with Crippen molar-refractivity contribution in [1.82, 2.24) is 0 Å². The number of ketones is 1. The van der Waals surface area contributed by atoms with Gasteiger partial charge in [0, 0.05) is 0 Å². The van der Waals surface area contributed by atoms with Gasteiger partial charge in [-0.05, 0) is 42.4 Å². The zero-order chi connectivity index (χ0) is 18.1. The molecule has 1 heteroatoms. The molecule has 0 saturated carbocycles. The molecule has 1 nitrogen and oxygen atoms in total. The Morgan fingerprint density at radius 3 is 1.92 bits per heavy atom. The maximum atomic E-state index is 13.2. The number of carbonyl (C=O) groups is 1. The Kier molecular flexibility index (Phi) is 7.66. The number of Topliss-reactive ketones (excluding diaryl/α,β-unsaturated/α-hetero) is 1. The van der Waals surface area contributed by atoms with Gasteiger partial charge in [0.05, 0.1) is 5.92 Å². The van der Waals surface area contributed by atoms with Gasteiger partial charge in [0.25, 0.3) is 0 Å². The second kappa shape index (κ2) is 9.98. The van der Waals surface area contributed by atoms with Crippen LogP contribution in [0.15, 0.2) is 72.3 Å². The molecule has 0 N–H and O–H groups in total. The van der Waals surface area contributed by atoms with Crippen molar-refractivity contribution in [2.24, 2.45) is 5.92 Å². The SMILES string of the molecule is CCCC(C)CC/C=C(/C)C(=O)C(c1ccccc1)c1ccccc1. The quantitative estimate of drug-likeness (QED) is 0.475. The minimum Gasteiger partial charge on any atom is -0.293 e. The number of rotatable bonds is 9. The van der Waals surface area contributed by atoms with Crippen LogP contribution in [0.4, 0.5) is 0 Å². The highest BCUT2D eigenvalue weighted by Crippen LogP contribution is 2.28. The van der Waals surface area contributed by atoms with Gasteiger partial charge in [0.15, 0.2) is 5.78 Å². The molecule has 0 bridgehead atoms. The van der Waals surface area contributed by atoms with Crippen LogP contribution in [0, 0.1) is 5.92 Å². The number of carbonyl (C=O) groups excluding carboxylic acids is 1. The fourth-order valence-corrected chi connectivity index (χ4v) is 3.34. The van der Waals surface area contributed by atoms with E-state index in [1.807, 2.05) is 67.6 Å². The zero-order valence-corrected chi connectivity index (χ0v) is 15.7. The average molecular weight is 335 g/mol. The molecule has 2 aromatic rings. The van der Waals surface area contributed by atoms with Crippen LogP contribution in [0.5, 0.6) is 0 Å². The summed E-state index contributed by atoms with van der Waals surface area (Å²) in [4.78, 5) is 13.2. The van der Waals surface area contributed by atoms with E-state index in [0.29, 0.717) is 0 Å². The highest BCUT2D eigenvalue weighted by Gasteiger charge is 2.23. The van der Waals surface area contributed by atoms with Gasteiger partial charge in [-0.25, -0.2) is 0 Å². The maximum Gasteiger partial charge on any atom is 0.170 e. The van der Waals surface area contributed by atoms with Crippen LogP contribution in [0.3, 0.4) is 0 Å². The van der Waals surface area contributed by atoms with E-state index < -0.39 is 0 Å². The first-order valence-corrected chi connectivity index (χ1v) is 9.44. The normalized spacial score (nSPS) is 13.0. The molecule has 132 valence electrons. The predicted molar refractivity (Wildman–Crippen MR) is 107 cm³/mol. The lowest BCUT2D eigenvalue weighted by molar-refractivity contribution is -0.116. The molecular weight excluding hydrogens is 304 g/mol. The minimum atomic E-state index is -0.216. The van der Waals surface area contributed by atoms with Crippen LogP contribution in [0.1, 0.15) is 63.5 Å². The molecule has 0 heterocycles. The van der Waals surface area contributed by atoms with Gasteiger partial charge in [-0.15, -0.1) is 0 Å². The molecule has 0 aliphatic heterocycles. The minimum absolute atomic E-state index is 0.209. The topological polar surface area (TPSA) is 17.1 Å². The molecule has 0 fully saturated rings. The number of hydrogen-bond donors (Lipinski definition) is 0. The molecule has 0 saturated heterocycles. The van der Waals surface area contributed by atoms with Crippen LogP contribution < -0.4 is 0 Å². The van der Waals surface area contributed by atoms with Gasteiger partial charge in [0.1, 0.15) is 0 Å². The molecule has 2 aromatic carbocycles. The summed E-state index contributed by atoms with van der Waals surface area (Å²) < 4.78 is 0. The van der Waals surface area contributed by atoms with Crippen molar-refractivity contribution in [3.8, 4) is 0 Å². The predicted octanol–water partition coefficient (Wildman–Crippen LogP) is 6.55. The van der Waals surface area contributed by atoms with E-state index >= 15 is 0 Å². The number of benzene rings is 2. The molecule has 0 spiro atoms. The molecule has 0 aliphatic carbocycles. The van der Waals surface area contributed by atoms with Crippen molar-refractivity contribution in [1.29, 1.82) is 0 Å². The molecule has 0 radical (unpaired) electrons.